The highest BCUT2D eigenvalue weighted by Gasteiger charge is 2.34. The lowest BCUT2D eigenvalue weighted by molar-refractivity contribution is -0.141. The van der Waals surface area contributed by atoms with Crippen molar-refractivity contribution in [1.29, 1.82) is 0 Å². The molecule has 1 atom stereocenters. The Morgan fingerprint density at radius 2 is 2.15 bits per heavy atom. The molecule has 0 amide bonds. The molecule has 1 aromatic rings. The maximum Gasteiger partial charge on any atom is 0.435 e. The summed E-state index contributed by atoms with van der Waals surface area (Å²) < 4.78 is 40.8. The zero-order valence-electron chi connectivity index (χ0n) is 7.07. The fourth-order valence-electron chi connectivity index (χ4n) is 0.744. The van der Waals surface area contributed by atoms with Gasteiger partial charge in [-0.05, 0) is 6.92 Å². The first kappa shape index (κ1) is 10.0. The molecule has 0 bridgehead atoms. The second-order valence-corrected chi connectivity index (χ2v) is 2.49. The Hall–Kier alpha value is -1.04. The van der Waals surface area contributed by atoms with Gasteiger partial charge in [-0.15, -0.1) is 0 Å². The summed E-state index contributed by atoms with van der Waals surface area (Å²) in [5.41, 5.74) is -0.860. The van der Waals surface area contributed by atoms with Crippen molar-refractivity contribution in [2.24, 2.45) is 0 Å². The van der Waals surface area contributed by atoms with Crippen LogP contribution in [0.1, 0.15) is 24.4 Å². The van der Waals surface area contributed by atoms with Gasteiger partial charge in [-0.1, -0.05) is 0 Å². The van der Waals surface area contributed by atoms with Crippen LogP contribution in [0.3, 0.4) is 0 Å². The number of alkyl halides is 3. The van der Waals surface area contributed by atoms with E-state index in [-0.39, 0.29) is 5.69 Å². The third-order valence-corrected chi connectivity index (χ3v) is 1.57. The van der Waals surface area contributed by atoms with Crippen LogP contribution in [0.15, 0.2) is 0 Å². The Balaban J connectivity index is 2.87. The molecule has 0 aliphatic carbocycles. The number of nitrogens with zero attached hydrogens (tertiary/aromatic N) is 1. The van der Waals surface area contributed by atoms with Gasteiger partial charge in [0.1, 0.15) is 0 Å². The number of halogens is 3. The van der Waals surface area contributed by atoms with Crippen LogP contribution < -0.4 is 0 Å². The van der Waals surface area contributed by atoms with E-state index in [2.05, 4.69) is 16.3 Å². The molecule has 3 nitrogen and oxygen atoms in total. The van der Waals surface area contributed by atoms with Crippen LogP contribution in [0.25, 0.3) is 0 Å². The Kier molecular flexibility index (Phi) is 2.60. The zero-order chi connectivity index (χ0) is 10.1. The van der Waals surface area contributed by atoms with Gasteiger partial charge in [0.2, 0.25) is 0 Å². The van der Waals surface area contributed by atoms with Gasteiger partial charge in [-0.25, -0.2) is 0 Å². The molecule has 13 heavy (non-hydrogen) atoms. The van der Waals surface area contributed by atoms with Gasteiger partial charge in [0, 0.05) is 13.2 Å². The topological polar surface area (TPSA) is 37.9 Å². The number of H-pyrrole nitrogens is 1. The standard InChI is InChI=1S/C7H8F3N2O/c1-4(13-2)5-3-6(12-11-5)7(8,9)10/h4H,1-2H3,(H,11,12). The van der Waals surface area contributed by atoms with Crippen molar-refractivity contribution in [2.45, 2.75) is 19.2 Å². The molecule has 1 aromatic heterocycles. The third kappa shape index (κ3) is 2.21. The third-order valence-electron chi connectivity index (χ3n) is 1.57. The average molecular weight is 193 g/mol. The van der Waals surface area contributed by atoms with Crippen LogP contribution in [0.2, 0.25) is 0 Å². The van der Waals surface area contributed by atoms with Crippen LogP contribution in [0, 0.1) is 6.07 Å². The van der Waals surface area contributed by atoms with E-state index in [0.29, 0.717) is 0 Å². The molecule has 1 N–H and O–H groups in total. The first-order chi connectivity index (χ1) is 5.95. The first-order valence-electron chi connectivity index (χ1n) is 3.52. The van der Waals surface area contributed by atoms with E-state index in [1.165, 1.54) is 7.11 Å². The average Bonchev–Trinajstić information content (AvgIpc) is 2.50. The number of rotatable bonds is 2. The van der Waals surface area contributed by atoms with Gasteiger partial charge in [-0.2, -0.15) is 18.3 Å². The van der Waals surface area contributed by atoms with E-state index in [4.69, 9.17) is 4.74 Å². The van der Waals surface area contributed by atoms with E-state index in [9.17, 15) is 13.2 Å². The number of ether oxygens (including phenoxy) is 1. The number of aromatic amines is 1. The predicted octanol–water partition coefficient (Wildman–Crippen LogP) is 1.94. The minimum atomic E-state index is -4.46. The maximum atomic E-state index is 12.0. The number of hydrogen-bond donors (Lipinski definition) is 1. The summed E-state index contributed by atoms with van der Waals surface area (Å²) in [7, 11) is 1.40. The van der Waals surface area contributed by atoms with Crippen LogP contribution in [0.4, 0.5) is 13.2 Å². The van der Waals surface area contributed by atoms with E-state index >= 15 is 0 Å². The smallest absolute Gasteiger partial charge is 0.375 e. The second kappa shape index (κ2) is 3.37. The highest BCUT2D eigenvalue weighted by molar-refractivity contribution is 5.10. The summed E-state index contributed by atoms with van der Waals surface area (Å²) in [6.07, 6.45) is -4.93. The summed E-state index contributed by atoms with van der Waals surface area (Å²) in [5.74, 6) is 0. The number of hydrogen-bond acceptors (Lipinski definition) is 2. The van der Waals surface area contributed by atoms with Gasteiger partial charge in [0.25, 0.3) is 0 Å². The van der Waals surface area contributed by atoms with E-state index < -0.39 is 18.0 Å². The molecule has 0 aliphatic heterocycles. The van der Waals surface area contributed by atoms with E-state index in [0.717, 1.165) is 0 Å². The van der Waals surface area contributed by atoms with Crippen molar-refractivity contribution in [2.75, 3.05) is 7.11 Å². The molecule has 1 unspecified atom stereocenters. The Labute approximate surface area is 72.9 Å². The van der Waals surface area contributed by atoms with Crippen molar-refractivity contribution in [1.82, 2.24) is 10.2 Å². The monoisotopic (exact) mass is 193 g/mol. The molecule has 1 heterocycles. The van der Waals surface area contributed by atoms with Gasteiger partial charge in [0.05, 0.1) is 11.8 Å². The predicted molar refractivity (Wildman–Crippen MR) is 37.8 cm³/mol. The van der Waals surface area contributed by atoms with Gasteiger partial charge in [0.15, 0.2) is 5.69 Å². The second-order valence-electron chi connectivity index (χ2n) is 2.49. The van der Waals surface area contributed by atoms with Crippen LogP contribution in [-0.2, 0) is 10.9 Å². The Bertz CT molecular complexity index is 282. The van der Waals surface area contributed by atoms with Crippen molar-refractivity contribution in [3.8, 4) is 0 Å². The molecule has 1 rings (SSSR count). The SMILES string of the molecule is COC(C)c1[c]c(C(F)(F)F)n[nH]1. The summed E-state index contributed by atoms with van der Waals surface area (Å²) in [5, 5.41) is 5.28. The maximum absolute atomic E-state index is 12.0. The largest absolute Gasteiger partial charge is 0.435 e. The van der Waals surface area contributed by atoms with Crippen LogP contribution in [0.5, 0.6) is 0 Å². The molecule has 6 heteroatoms. The summed E-state index contributed by atoms with van der Waals surface area (Å²) in [6, 6.07) is 2.09. The molecule has 0 saturated carbocycles. The molecule has 1 radical (unpaired) electrons. The lowest BCUT2D eigenvalue weighted by atomic mass is 10.2. The Morgan fingerprint density at radius 1 is 1.54 bits per heavy atom. The van der Waals surface area contributed by atoms with Crippen molar-refractivity contribution < 1.29 is 17.9 Å². The normalized spacial score (nSPS) is 14.5. The van der Waals surface area contributed by atoms with Crippen molar-refractivity contribution in [3.05, 3.63) is 17.5 Å². The summed E-state index contributed by atoms with van der Waals surface area (Å²) in [6.45, 7) is 1.60. The van der Waals surface area contributed by atoms with Gasteiger partial charge in [-0.3, -0.25) is 5.10 Å². The number of nitrogens with one attached hydrogen (secondary N) is 1. The quantitative estimate of drug-likeness (QED) is 0.779. The molecule has 73 valence electrons. The molecular weight excluding hydrogens is 185 g/mol. The van der Waals surface area contributed by atoms with E-state index in [1.807, 2.05) is 0 Å². The molecule has 0 spiro atoms. The number of methoxy groups -OCH3 is 1. The fraction of sp³-hybridized carbons (Fsp3) is 0.571. The van der Waals surface area contributed by atoms with Crippen LogP contribution in [-0.4, -0.2) is 17.3 Å². The molecular formula is C7H8F3N2O. The molecule has 0 saturated heterocycles. The van der Waals surface area contributed by atoms with Gasteiger partial charge >= 0.3 is 6.18 Å². The molecule has 0 aliphatic rings. The number of aromatic nitrogens is 2. The van der Waals surface area contributed by atoms with Crippen molar-refractivity contribution in [3.63, 3.8) is 0 Å². The zero-order valence-corrected chi connectivity index (χ0v) is 7.07. The highest BCUT2D eigenvalue weighted by atomic mass is 19.4. The first-order valence-corrected chi connectivity index (χ1v) is 3.52. The lowest BCUT2D eigenvalue weighted by Crippen LogP contribution is -2.05. The summed E-state index contributed by atoms with van der Waals surface area (Å²) >= 11 is 0. The van der Waals surface area contributed by atoms with Crippen LogP contribution >= 0.6 is 0 Å². The minimum absolute atomic E-state index is 0.190. The fourth-order valence-corrected chi connectivity index (χ4v) is 0.744. The minimum Gasteiger partial charge on any atom is -0.375 e. The molecule has 0 fully saturated rings. The summed E-state index contributed by atoms with van der Waals surface area (Å²) in [4.78, 5) is 0. The Morgan fingerprint density at radius 3 is 2.54 bits per heavy atom. The van der Waals surface area contributed by atoms with Gasteiger partial charge < -0.3 is 4.74 Å². The van der Waals surface area contributed by atoms with Crippen molar-refractivity contribution >= 4 is 0 Å². The lowest BCUT2D eigenvalue weighted by Gasteiger charge is -2.04. The highest BCUT2D eigenvalue weighted by Crippen LogP contribution is 2.28. The van der Waals surface area contributed by atoms with E-state index in [1.54, 1.807) is 6.92 Å². The molecule has 0 aromatic carbocycles.